The molecule has 6 nitrogen and oxygen atoms in total. The van der Waals surface area contributed by atoms with E-state index >= 15 is 0 Å². The van der Waals surface area contributed by atoms with Crippen LogP contribution in [0.5, 0.6) is 0 Å². The molecule has 0 radical (unpaired) electrons. The molecule has 7 heteroatoms. The number of carbonyl (C=O) groups excluding carboxylic acids is 2. The Labute approximate surface area is 152 Å². The molecule has 0 saturated carbocycles. The average Bonchev–Trinajstić information content (AvgIpc) is 2.78. The third-order valence-electron chi connectivity index (χ3n) is 3.57. The predicted octanol–water partition coefficient (Wildman–Crippen LogP) is 3.89. The first-order chi connectivity index (χ1) is 11.7. The fraction of sp³-hybridized carbons (Fsp3) is 0.444. The number of hydrogen-bond acceptors (Lipinski definition) is 4. The van der Waals surface area contributed by atoms with Crippen LogP contribution in [0.1, 0.15) is 32.8 Å². The Bertz CT molecular complexity index is 682. The van der Waals surface area contributed by atoms with Crippen LogP contribution in [0.3, 0.4) is 0 Å². The Balaban J connectivity index is 2.35. The van der Waals surface area contributed by atoms with Crippen molar-refractivity contribution >= 4 is 35.5 Å². The maximum absolute atomic E-state index is 12.3. The Morgan fingerprint density at radius 3 is 2.76 bits per heavy atom. The monoisotopic (exact) mass is 366 g/mol. The Morgan fingerprint density at radius 1 is 1.40 bits per heavy atom. The van der Waals surface area contributed by atoms with Crippen LogP contribution < -0.4 is 4.90 Å². The van der Waals surface area contributed by atoms with E-state index in [9.17, 15) is 9.59 Å². The molecule has 0 aromatic heterocycles. The SMILES string of the molecule is CN(C(=O)OC(C)(C)C)c1ccc(Cl)c(C2=COCCCN2C=O)c1. The molecule has 2 amide bonds. The number of amides is 2. The van der Waals surface area contributed by atoms with Gasteiger partial charge in [-0.1, -0.05) is 11.6 Å². The largest absolute Gasteiger partial charge is 0.499 e. The first-order valence-electron chi connectivity index (χ1n) is 8.03. The van der Waals surface area contributed by atoms with Crippen molar-refractivity contribution in [2.75, 3.05) is 25.1 Å². The molecule has 1 aromatic rings. The maximum atomic E-state index is 12.3. The lowest BCUT2D eigenvalue weighted by atomic mass is 10.1. The molecule has 0 unspecified atom stereocenters. The van der Waals surface area contributed by atoms with Crippen molar-refractivity contribution in [2.24, 2.45) is 0 Å². The van der Waals surface area contributed by atoms with Gasteiger partial charge in [0, 0.05) is 24.8 Å². The van der Waals surface area contributed by atoms with Crippen LogP contribution in [0.25, 0.3) is 5.70 Å². The van der Waals surface area contributed by atoms with E-state index in [1.807, 2.05) is 20.8 Å². The molecule has 0 bridgehead atoms. The summed E-state index contributed by atoms with van der Waals surface area (Å²) in [6.45, 7) is 6.49. The van der Waals surface area contributed by atoms with Crippen molar-refractivity contribution < 1.29 is 19.1 Å². The summed E-state index contributed by atoms with van der Waals surface area (Å²) >= 11 is 6.32. The van der Waals surface area contributed by atoms with Crippen LogP contribution >= 0.6 is 11.6 Å². The van der Waals surface area contributed by atoms with E-state index in [-0.39, 0.29) is 0 Å². The summed E-state index contributed by atoms with van der Waals surface area (Å²) in [5.41, 5.74) is 1.19. The summed E-state index contributed by atoms with van der Waals surface area (Å²) in [5.74, 6) is 0. The van der Waals surface area contributed by atoms with Crippen molar-refractivity contribution in [3.05, 3.63) is 35.0 Å². The van der Waals surface area contributed by atoms with Gasteiger partial charge in [0.2, 0.25) is 6.41 Å². The van der Waals surface area contributed by atoms with Gasteiger partial charge in [-0.15, -0.1) is 0 Å². The zero-order valence-corrected chi connectivity index (χ0v) is 15.7. The Kier molecular flexibility index (Phi) is 5.95. The highest BCUT2D eigenvalue weighted by Crippen LogP contribution is 2.31. The van der Waals surface area contributed by atoms with Gasteiger partial charge in [0.1, 0.15) is 11.9 Å². The van der Waals surface area contributed by atoms with E-state index in [1.54, 1.807) is 30.1 Å². The van der Waals surface area contributed by atoms with Crippen LogP contribution in [0.15, 0.2) is 24.5 Å². The third-order valence-corrected chi connectivity index (χ3v) is 3.90. The molecule has 136 valence electrons. The molecule has 0 N–H and O–H groups in total. The molecule has 0 saturated heterocycles. The number of nitrogens with zero attached hydrogens (tertiary/aromatic N) is 2. The highest BCUT2D eigenvalue weighted by atomic mass is 35.5. The van der Waals surface area contributed by atoms with Gasteiger partial charge >= 0.3 is 6.09 Å². The lowest BCUT2D eigenvalue weighted by Crippen LogP contribution is -2.34. The van der Waals surface area contributed by atoms with E-state index in [0.29, 0.717) is 35.1 Å². The lowest BCUT2D eigenvalue weighted by Gasteiger charge is -2.25. The van der Waals surface area contributed by atoms with Crippen LogP contribution in [-0.2, 0) is 14.3 Å². The molecule has 1 aliphatic rings. The first-order valence-corrected chi connectivity index (χ1v) is 8.41. The van der Waals surface area contributed by atoms with E-state index in [2.05, 4.69) is 0 Å². The number of rotatable bonds is 3. The van der Waals surface area contributed by atoms with Gasteiger partial charge in [0.25, 0.3) is 0 Å². The molecule has 0 aliphatic carbocycles. The standard InChI is InChI=1S/C18H23ClN2O4/c1-18(2,3)25-17(23)20(4)13-6-7-15(19)14(10-13)16-11-24-9-5-8-21(16)12-22/h6-7,10-12H,5,8-9H2,1-4H3. The van der Waals surface area contributed by atoms with E-state index in [4.69, 9.17) is 21.1 Å². The summed E-state index contributed by atoms with van der Waals surface area (Å²) in [5, 5.41) is 0.463. The lowest BCUT2D eigenvalue weighted by molar-refractivity contribution is -0.115. The van der Waals surface area contributed by atoms with Gasteiger partial charge in [-0.25, -0.2) is 4.79 Å². The van der Waals surface area contributed by atoms with Crippen molar-refractivity contribution in [1.82, 2.24) is 4.90 Å². The molecule has 0 spiro atoms. The van der Waals surface area contributed by atoms with Crippen molar-refractivity contribution in [3.8, 4) is 0 Å². The summed E-state index contributed by atoms with van der Waals surface area (Å²) in [4.78, 5) is 26.6. The van der Waals surface area contributed by atoms with Crippen molar-refractivity contribution in [2.45, 2.75) is 32.8 Å². The fourth-order valence-corrected chi connectivity index (χ4v) is 2.54. The fourth-order valence-electron chi connectivity index (χ4n) is 2.33. The maximum Gasteiger partial charge on any atom is 0.414 e. The predicted molar refractivity (Wildman–Crippen MR) is 97.4 cm³/mol. The quantitative estimate of drug-likeness (QED) is 0.761. The first kappa shape index (κ1) is 19.1. The summed E-state index contributed by atoms with van der Waals surface area (Å²) < 4.78 is 10.8. The number of anilines is 1. The molecule has 1 aromatic carbocycles. The van der Waals surface area contributed by atoms with Crippen LogP contribution in [0.4, 0.5) is 10.5 Å². The van der Waals surface area contributed by atoms with Gasteiger partial charge in [-0.3, -0.25) is 9.69 Å². The average molecular weight is 367 g/mol. The van der Waals surface area contributed by atoms with Gasteiger partial charge in [0.05, 0.1) is 17.3 Å². The topological polar surface area (TPSA) is 59.1 Å². The van der Waals surface area contributed by atoms with Gasteiger partial charge in [0.15, 0.2) is 0 Å². The van der Waals surface area contributed by atoms with Gasteiger partial charge in [-0.05, 0) is 45.4 Å². The van der Waals surface area contributed by atoms with Crippen LogP contribution in [-0.4, -0.2) is 43.2 Å². The normalized spacial score (nSPS) is 14.9. The second-order valence-electron chi connectivity index (χ2n) is 6.73. The third kappa shape index (κ3) is 4.89. The number of hydrogen-bond donors (Lipinski definition) is 0. The molecule has 1 heterocycles. The molecule has 0 fully saturated rings. The number of carbonyl (C=O) groups is 2. The smallest absolute Gasteiger partial charge is 0.414 e. The minimum Gasteiger partial charge on any atom is -0.499 e. The second kappa shape index (κ2) is 7.78. The molecular weight excluding hydrogens is 344 g/mol. The summed E-state index contributed by atoms with van der Waals surface area (Å²) in [6, 6.07) is 5.14. The van der Waals surface area contributed by atoms with E-state index in [0.717, 1.165) is 12.8 Å². The Hall–Kier alpha value is -2.21. The minimum absolute atomic E-state index is 0.463. The number of benzene rings is 1. The molecule has 1 aliphatic heterocycles. The summed E-state index contributed by atoms with van der Waals surface area (Å²) in [6.07, 6.45) is 2.54. The van der Waals surface area contributed by atoms with Crippen LogP contribution in [0, 0.1) is 0 Å². The number of halogens is 1. The molecule has 2 rings (SSSR count). The zero-order valence-electron chi connectivity index (χ0n) is 14.9. The highest BCUT2D eigenvalue weighted by Gasteiger charge is 2.23. The van der Waals surface area contributed by atoms with Crippen molar-refractivity contribution in [3.63, 3.8) is 0 Å². The molecule has 0 atom stereocenters. The molecule has 25 heavy (non-hydrogen) atoms. The minimum atomic E-state index is -0.591. The van der Waals surface area contributed by atoms with E-state index < -0.39 is 11.7 Å². The van der Waals surface area contributed by atoms with Gasteiger partial charge < -0.3 is 14.4 Å². The molecular formula is C18H23ClN2O4. The second-order valence-corrected chi connectivity index (χ2v) is 7.14. The van der Waals surface area contributed by atoms with Gasteiger partial charge in [-0.2, -0.15) is 0 Å². The zero-order chi connectivity index (χ0) is 18.6. The van der Waals surface area contributed by atoms with Crippen LogP contribution in [0.2, 0.25) is 5.02 Å². The highest BCUT2D eigenvalue weighted by molar-refractivity contribution is 6.32. The number of ether oxygens (including phenoxy) is 2. The summed E-state index contributed by atoms with van der Waals surface area (Å²) in [7, 11) is 1.62. The van der Waals surface area contributed by atoms with Crippen molar-refractivity contribution in [1.29, 1.82) is 0 Å². The Morgan fingerprint density at radius 2 is 2.12 bits per heavy atom. The van der Waals surface area contributed by atoms with E-state index in [1.165, 1.54) is 11.2 Å².